The molecule has 5 atom stereocenters. The lowest BCUT2D eigenvalue weighted by molar-refractivity contribution is -0.237. The summed E-state index contributed by atoms with van der Waals surface area (Å²) in [5.41, 5.74) is -0.977. The molecule has 0 unspecified atom stereocenters. The second-order valence-electron chi connectivity index (χ2n) is 5.87. The van der Waals surface area contributed by atoms with Crippen LogP contribution in [0.4, 0.5) is 0 Å². The zero-order chi connectivity index (χ0) is 22.1. The van der Waals surface area contributed by atoms with E-state index in [9.17, 15) is 19.2 Å². The fourth-order valence-electron chi connectivity index (χ4n) is 2.53. The highest BCUT2D eigenvalue weighted by Crippen LogP contribution is 2.35. The average Bonchev–Trinajstić information content (AvgIpc) is 2.57. The van der Waals surface area contributed by atoms with E-state index >= 15 is 0 Å². The zero-order valence-corrected chi connectivity index (χ0v) is 18.3. The topological polar surface area (TPSA) is 124 Å². The molecule has 0 aliphatic carbocycles. The molecule has 0 saturated carbocycles. The van der Waals surface area contributed by atoms with Gasteiger partial charge in [-0.25, -0.2) is 0 Å². The van der Waals surface area contributed by atoms with Gasteiger partial charge >= 0.3 is 23.9 Å². The maximum absolute atomic E-state index is 11.7. The van der Waals surface area contributed by atoms with E-state index in [0.717, 1.165) is 25.6 Å². The number of ether oxygens (including phenoxy) is 6. The monoisotopic (exact) mass is 452 g/mol. The summed E-state index contributed by atoms with van der Waals surface area (Å²) in [5, 5.41) is 0. The van der Waals surface area contributed by atoms with E-state index in [-0.39, 0.29) is 11.0 Å². The number of hydrogen-bond donors (Lipinski definition) is 0. The van der Waals surface area contributed by atoms with Crippen molar-refractivity contribution >= 4 is 52.2 Å². The Morgan fingerprint density at radius 1 is 0.828 bits per heavy atom. The van der Waals surface area contributed by atoms with E-state index < -0.39 is 53.7 Å². The standard InChI is InChI=1S/C17H24O10S2/c1-6-22-17(28)29-16-15(26-11(5)21)14(25-10(4)20)13(24-9(3)19)12(27-16)7-23-8(2)18/h12-16H,6-7H2,1-5H3/t12-,13-,14+,15+,16+/m1/s1. The highest BCUT2D eigenvalue weighted by Gasteiger charge is 2.52. The van der Waals surface area contributed by atoms with Crippen LogP contribution in [-0.2, 0) is 47.6 Å². The van der Waals surface area contributed by atoms with Gasteiger partial charge in [-0.05, 0) is 30.9 Å². The third-order valence-corrected chi connectivity index (χ3v) is 4.75. The summed E-state index contributed by atoms with van der Waals surface area (Å²) in [6.45, 7) is 6.41. The Labute approximate surface area is 177 Å². The molecule has 0 radical (unpaired) electrons. The van der Waals surface area contributed by atoms with Gasteiger partial charge in [0, 0.05) is 27.7 Å². The van der Waals surface area contributed by atoms with Crippen molar-refractivity contribution in [3.05, 3.63) is 0 Å². The predicted octanol–water partition coefficient (Wildman–Crippen LogP) is 1.12. The van der Waals surface area contributed by atoms with Crippen molar-refractivity contribution < 1.29 is 47.6 Å². The van der Waals surface area contributed by atoms with Gasteiger partial charge in [-0.3, -0.25) is 19.2 Å². The van der Waals surface area contributed by atoms with Gasteiger partial charge in [0.2, 0.25) is 4.38 Å². The minimum Gasteiger partial charge on any atom is -0.479 e. The van der Waals surface area contributed by atoms with Crippen molar-refractivity contribution in [1.82, 2.24) is 0 Å². The molecule has 0 aromatic carbocycles. The van der Waals surface area contributed by atoms with Gasteiger partial charge in [-0.2, -0.15) is 0 Å². The smallest absolute Gasteiger partial charge is 0.303 e. The molecular formula is C17H24O10S2. The SMILES string of the molecule is CCOC(=S)S[C@@H]1O[C@H](COC(C)=O)[C@@H](OC(C)=O)[C@H](OC(C)=O)[C@@H]1OC(C)=O. The van der Waals surface area contributed by atoms with E-state index in [1.165, 1.54) is 13.8 Å². The molecule has 0 aromatic rings. The normalized spacial score (nSPS) is 26.0. The van der Waals surface area contributed by atoms with E-state index in [2.05, 4.69) is 0 Å². The van der Waals surface area contributed by atoms with Crippen molar-refractivity contribution in [1.29, 1.82) is 0 Å². The molecule has 0 amide bonds. The van der Waals surface area contributed by atoms with Crippen LogP contribution >= 0.6 is 24.0 Å². The third-order valence-electron chi connectivity index (χ3n) is 3.42. The molecule has 1 aliphatic rings. The first-order chi connectivity index (χ1) is 13.5. The van der Waals surface area contributed by atoms with Gasteiger partial charge in [-0.15, -0.1) is 0 Å². The lowest BCUT2D eigenvalue weighted by Crippen LogP contribution is -2.61. The van der Waals surface area contributed by atoms with Crippen LogP contribution < -0.4 is 0 Å². The summed E-state index contributed by atoms with van der Waals surface area (Å²) in [6, 6.07) is 0. The van der Waals surface area contributed by atoms with Crippen molar-refractivity contribution in [2.45, 2.75) is 64.5 Å². The van der Waals surface area contributed by atoms with E-state index in [4.69, 9.17) is 40.6 Å². The minimum absolute atomic E-state index is 0.105. The Morgan fingerprint density at radius 2 is 1.34 bits per heavy atom. The molecule has 1 saturated heterocycles. The summed E-state index contributed by atoms with van der Waals surface area (Å²) in [4.78, 5) is 46.2. The molecule has 0 aromatic heterocycles. The van der Waals surface area contributed by atoms with Gasteiger partial charge in [0.25, 0.3) is 0 Å². The molecule has 164 valence electrons. The fourth-order valence-corrected chi connectivity index (χ4v) is 3.85. The van der Waals surface area contributed by atoms with Crippen molar-refractivity contribution in [3.8, 4) is 0 Å². The molecular weight excluding hydrogens is 428 g/mol. The van der Waals surface area contributed by atoms with Crippen LogP contribution in [0.3, 0.4) is 0 Å². The molecule has 0 bridgehead atoms. The quantitative estimate of drug-likeness (QED) is 0.312. The second-order valence-corrected chi connectivity index (χ2v) is 7.57. The summed E-state index contributed by atoms with van der Waals surface area (Å²) in [6.07, 6.45) is -4.60. The Hall–Kier alpha value is -1.92. The van der Waals surface area contributed by atoms with E-state index in [1.54, 1.807) is 6.92 Å². The molecule has 0 spiro atoms. The average molecular weight is 453 g/mol. The van der Waals surface area contributed by atoms with Gasteiger partial charge in [0.05, 0.1) is 6.61 Å². The van der Waals surface area contributed by atoms with Crippen LogP contribution in [-0.4, -0.2) is 71.3 Å². The first-order valence-corrected chi connectivity index (χ1v) is 9.97. The number of thioether (sulfide) groups is 1. The summed E-state index contributed by atoms with van der Waals surface area (Å²) in [7, 11) is 0. The maximum atomic E-state index is 11.7. The van der Waals surface area contributed by atoms with Crippen LogP contribution in [0, 0.1) is 0 Å². The third kappa shape index (κ3) is 8.54. The van der Waals surface area contributed by atoms with Crippen LogP contribution in [0.2, 0.25) is 0 Å². The number of hydrogen-bond acceptors (Lipinski definition) is 12. The highest BCUT2D eigenvalue weighted by molar-refractivity contribution is 8.22. The second kappa shape index (κ2) is 11.9. The summed E-state index contributed by atoms with van der Waals surface area (Å²) >= 11 is 6.04. The van der Waals surface area contributed by atoms with Gasteiger partial charge < -0.3 is 28.4 Å². The van der Waals surface area contributed by atoms with Crippen molar-refractivity contribution in [2.75, 3.05) is 13.2 Å². The minimum atomic E-state index is -1.23. The zero-order valence-electron chi connectivity index (χ0n) is 16.7. The summed E-state index contributed by atoms with van der Waals surface area (Å²) < 4.78 is 32.1. The van der Waals surface area contributed by atoms with Gasteiger partial charge in [-0.1, -0.05) is 0 Å². The lowest BCUT2D eigenvalue weighted by atomic mass is 9.99. The van der Waals surface area contributed by atoms with E-state index in [0.29, 0.717) is 6.61 Å². The number of thiocarbonyl (C=S) groups is 1. The molecule has 0 N–H and O–H groups in total. The van der Waals surface area contributed by atoms with E-state index in [1.807, 2.05) is 0 Å². The Balaban J connectivity index is 3.29. The fraction of sp³-hybridized carbons (Fsp3) is 0.706. The first kappa shape index (κ1) is 25.1. The van der Waals surface area contributed by atoms with Gasteiger partial charge in [0.1, 0.15) is 12.7 Å². The Morgan fingerprint density at radius 3 is 1.83 bits per heavy atom. The van der Waals surface area contributed by atoms with Crippen LogP contribution in [0.15, 0.2) is 0 Å². The number of carbonyl (C=O) groups excluding carboxylic acids is 4. The molecule has 1 heterocycles. The van der Waals surface area contributed by atoms with Crippen LogP contribution in [0.1, 0.15) is 34.6 Å². The van der Waals surface area contributed by atoms with Crippen molar-refractivity contribution in [2.24, 2.45) is 0 Å². The molecule has 10 nitrogen and oxygen atoms in total. The molecule has 12 heteroatoms. The van der Waals surface area contributed by atoms with Crippen LogP contribution in [0.5, 0.6) is 0 Å². The molecule has 1 aliphatic heterocycles. The Kier molecular flexibility index (Phi) is 10.3. The number of carbonyl (C=O) groups is 4. The number of esters is 4. The summed E-state index contributed by atoms with van der Waals surface area (Å²) in [5.74, 6) is -2.66. The van der Waals surface area contributed by atoms with Gasteiger partial charge in [0.15, 0.2) is 23.7 Å². The van der Waals surface area contributed by atoms with Crippen molar-refractivity contribution in [3.63, 3.8) is 0 Å². The molecule has 1 fully saturated rings. The Bertz CT molecular complexity index is 638. The maximum Gasteiger partial charge on any atom is 0.303 e. The largest absolute Gasteiger partial charge is 0.479 e. The number of rotatable bonds is 7. The predicted molar refractivity (Wildman–Crippen MR) is 104 cm³/mol. The molecule has 29 heavy (non-hydrogen) atoms. The first-order valence-electron chi connectivity index (χ1n) is 8.69. The molecule has 1 rings (SSSR count). The lowest BCUT2D eigenvalue weighted by Gasteiger charge is -2.43. The highest BCUT2D eigenvalue weighted by atomic mass is 32.2. The van der Waals surface area contributed by atoms with Crippen LogP contribution in [0.25, 0.3) is 0 Å².